The molecular weight excluding hydrogens is 536 g/mol. The van der Waals surface area contributed by atoms with Crippen LogP contribution in [0.1, 0.15) is 39.0 Å². The highest BCUT2D eigenvalue weighted by Gasteiger charge is 2.53. The fraction of sp³-hybridized carbons (Fsp3) is 0.310. The smallest absolute Gasteiger partial charge is 0.310 e. The average Bonchev–Trinajstić information content (AvgIpc) is 3.61. The first-order valence-corrected chi connectivity index (χ1v) is 12.8. The highest BCUT2D eigenvalue weighted by atomic mass is 16.8. The van der Waals surface area contributed by atoms with E-state index in [1.165, 1.54) is 45.6 Å². The minimum Gasteiger partial charge on any atom is -0.733 e. The summed E-state index contributed by atoms with van der Waals surface area (Å²) >= 11 is 0. The molecule has 0 bridgehead atoms. The van der Waals surface area contributed by atoms with Gasteiger partial charge in [-0.05, 0) is 59.2 Å². The molecular formula is C29H27N2O10-. The Balaban J connectivity index is 1.49. The van der Waals surface area contributed by atoms with E-state index in [1.54, 1.807) is 12.1 Å². The van der Waals surface area contributed by atoms with Crippen molar-refractivity contribution in [2.45, 2.75) is 12.0 Å². The maximum atomic E-state index is 13.4. The molecule has 1 saturated heterocycles. The molecule has 0 radical (unpaired) electrons. The van der Waals surface area contributed by atoms with Crippen molar-refractivity contribution in [3.8, 4) is 28.7 Å². The quantitative estimate of drug-likeness (QED) is 0.321. The van der Waals surface area contributed by atoms with Gasteiger partial charge in [-0.15, -0.1) is 0 Å². The van der Waals surface area contributed by atoms with Gasteiger partial charge >= 0.3 is 5.97 Å². The van der Waals surface area contributed by atoms with Gasteiger partial charge in [0.25, 0.3) is 5.91 Å². The Hall–Kier alpha value is -4.68. The van der Waals surface area contributed by atoms with Crippen LogP contribution in [-0.4, -0.2) is 51.8 Å². The third kappa shape index (κ3) is 4.41. The Kier molecular flexibility index (Phi) is 6.72. The summed E-state index contributed by atoms with van der Waals surface area (Å²) in [7, 11) is 4.55. The van der Waals surface area contributed by atoms with Crippen molar-refractivity contribution in [3.05, 3.63) is 76.0 Å². The predicted octanol–water partition coefficient (Wildman–Crippen LogP) is 3.54. The summed E-state index contributed by atoms with van der Waals surface area (Å²) in [5.74, 6) is -0.213. The van der Waals surface area contributed by atoms with Crippen molar-refractivity contribution < 1.29 is 43.2 Å². The van der Waals surface area contributed by atoms with Crippen LogP contribution in [0, 0.1) is 17.0 Å². The number of benzene rings is 3. The summed E-state index contributed by atoms with van der Waals surface area (Å²) in [5, 5.41) is 23.4. The van der Waals surface area contributed by atoms with Gasteiger partial charge in [-0.2, -0.15) is 0 Å². The fourth-order valence-electron chi connectivity index (χ4n) is 6.02. The number of carbonyl (C=O) groups is 2. The maximum Gasteiger partial charge on any atom is 0.310 e. The van der Waals surface area contributed by atoms with Crippen molar-refractivity contribution in [1.29, 1.82) is 0 Å². The van der Waals surface area contributed by atoms with E-state index in [-0.39, 0.29) is 29.9 Å². The summed E-state index contributed by atoms with van der Waals surface area (Å²) in [6.45, 7) is 0.118. The van der Waals surface area contributed by atoms with Gasteiger partial charge in [0.2, 0.25) is 12.5 Å². The van der Waals surface area contributed by atoms with Crippen LogP contribution in [0.4, 0.5) is 5.69 Å². The van der Waals surface area contributed by atoms with Gasteiger partial charge < -0.3 is 44.2 Å². The number of ether oxygens (including phenoxy) is 6. The van der Waals surface area contributed by atoms with E-state index in [0.717, 1.165) is 16.7 Å². The van der Waals surface area contributed by atoms with Crippen LogP contribution in [0.5, 0.6) is 28.7 Å². The van der Waals surface area contributed by atoms with Gasteiger partial charge in [-0.3, -0.25) is 14.8 Å². The molecule has 0 aromatic heterocycles. The zero-order valence-electron chi connectivity index (χ0n) is 22.4. The Morgan fingerprint density at radius 1 is 0.976 bits per heavy atom. The first-order chi connectivity index (χ1) is 19.8. The predicted molar refractivity (Wildman–Crippen MR) is 143 cm³/mol. The molecule has 12 nitrogen and oxygen atoms in total. The van der Waals surface area contributed by atoms with Gasteiger partial charge in [0.15, 0.2) is 23.0 Å². The molecule has 214 valence electrons. The molecule has 1 aliphatic carbocycles. The van der Waals surface area contributed by atoms with Crippen molar-refractivity contribution in [2.75, 3.05) is 40.0 Å². The molecule has 1 fully saturated rings. The number of methoxy groups -OCH3 is 3. The van der Waals surface area contributed by atoms with Crippen LogP contribution in [0.15, 0.2) is 48.5 Å². The van der Waals surface area contributed by atoms with Gasteiger partial charge in [-0.25, -0.2) is 0 Å². The molecule has 6 rings (SSSR count). The number of anilines is 1. The standard InChI is InChI=1S/C29H27N2O10/c1-36-22-8-15(9-23(37-2)27(22)38-3)24-17-10-20-21(41-13-40-20)11-18(17)26(19-12-39-29(33)25(19)24)30-28(32)14-5-4-6-16(7-14)31(34)35/h4-11,19,24-26,34H,12-13H2,1-3H3,(H,30,32)/q-1. The summed E-state index contributed by atoms with van der Waals surface area (Å²) < 4.78 is 33.6. The topological polar surface area (TPSA) is 148 Å². The molecule has 3 aromatic carbocycles. The molecule has 2 N–H and O–H groups in total. The highest BCUT2D eigenvalue weighted by molar-refractivity contribution is 5.95. The number of esters is 1. The lowest BCUT2D eigenvalue weighted by atomic mass is 9.65. The largest absolute Gasteiger partial charge is 0.733 e. The van der Waals surface area contributed by atoms with E-state index >= 15 is 0 Å². The highest BCUT2D eigenvalue weighted by Crippen LogP contribution is 2.55. The van der Waals surface area contributed by atoms with Crippen LogP contribution in [0.25, 0.3) is 0 Å². The van der Waals surface area contributed by atoms with E-state index in [1.807, 2.05) is 12.1 Å². The van der Waals surface area contributed by atoms with Gasteiger partial charge in [-0.1, -0.05) is 6.07 Å². The number of rotatable bonds is 7. The molecule has 4 atom stereocenters. The Morgan fingerprint density at radius 2 is 1.66 bits per heavy atom. The van der Waals surface area contributed by atoms with Gasteiger partial charge in [0.05, 0.1) is 45.6 Å². The second kappa shape index (κ2) is 10.4. The number of amides is 1. The lowest BCUT2D eigenvalue weighted by Crippen LogP contribution is -2.42. The molecule has 41 heavy (non-hydrogen) atoms. The van der Waals surface area contributed by atoms with E-state index in [4.69, 9.17) is 28.4 Å². The number of nitrogens with zero attached hydrogens (tertiary/aromatic N) is 1. The molecule has 0 spiro atoms. The summed E-state index contributed by atoms with van der Waals surface area (Å²) in [6, 6.07) is 12.3. The maximum absolute atomic E-state index is 13.4. The second-order valence-corrected chi connectivity index (χ2v) is 9.86. The normalized spacial score (nSPS) is 21.8. The van der Waals surface area contributed by atoms with Crippen molar-refractivity contribution in [1.82, 2.24) is 5.32 Å². The fourth-order valence-corrected chi connectivity index (χ4v) is 6.02. The minimum absolute atomic E-state index is 0.0403. The van der Waals surface area contributed by atoms with Crippen molar-refractivity contribution >= 4 is 17.6 Å². The molecule has 4 unspecified atom stereocenters. The number of fused-ring (bicyclic) bond motifs is 3. The van der Waals surface area contributed by atoms with Crippen LogP contribution in [0.3, 0.4) is 0 Å². The zero-order valence-corrected chi connectivity index (χ0v) is 22.4. The van der Waals surface area contributed by atoms with E-state index < -0.39 is 35.7 Å². The molecule has 1 amide bonds. The Bertz CT molecular complexity index is 1500. The minimum atomic E-state index is -0.670. The number of nitrogens with one attached hydrogen (secondary N) is 1. The van der Waals surface area contributed by atoms with Gasteiger partial charge in [0.1, 0.15) is 0 Å². The monoisotopic (exact) mass is 563 g/mol. The number of hydrogen-bond donors (Lipinski definition) is 2. The molecule has 2 aliphatic heterocycles. The van der Waals surface area contributed by atoms with Crippen LogP contribution < -0.4 is 34.2 Å². The number of cyclic esters (lactones) is 1. The Labute approximate surface area is 234 Å². The van der Waals surface area contributed by atoms with Crippen molar-refractivity contribution in [2.24, 2.45) is 11.8 Å². The van der Waals surface area contributed by atoms with E-state index in [9.17, 15) is 20.0 Å². The van der Waals surface area contributed by atoms with Crippen molar-refractivity contribution in [3.63, 3.8) is 0 Å². The second-order valence-electron chi connectivity index (χ2n) is 9.86. The lowest BCUT2D eigenvalue weighted by molar-refractivity contribution is -0.141. The summed E-state index contributed by atoms with van der Waals surface area (Å²) in [6.07, 6.45) is 0. The van der Waals surface area contributed by atoms with Gasteiger partial charge in [0, 0.05) is 17.4 Å². The Morgan fingerprint density at radius 3 is 2.29 bits per heavy atom. The number of hydrogen-bond acceptors (Lipinski definition) is 11. The van der Waals surface area contributed by atoms with E-state index in [0.29, 0.717) is 28.7 Å². The third-order valence-corrected chi connectivity index (χ3v) is 7.85. The lowest BCUT2D eigenvalue weighted by Gasteiger charge is -2.39. The first-order valence-electron chi connectivity index (χ1n) is 12.8. The average molecular weight is 564 g/mol. The number of carbonyl (C=O) groups excluding carboxylic acids is 2. The van der Waals surface area contributed by atoms with E-state index in [2.05, 4.69) is 5.32 Å². The van der Waals surface area contributed by atoms with Crippen LogP contribution >= 0.6 is 0 Å². The summed E-state index contributed by atoms with van der Waals surface area (Å²) in [5.41, 5.74) is 2.26. The molecule has 3 aliphatic rings. The van der Waals surface area contributed by atoms with Crippen LogP contribution in [-0.2, 0) is 9.53 Å². The zero-order chi connectivity index (χ0) is 28.8. The molecule has 0 saturated carbocycles. The third-order valence-electron chi connectivity index (χ3n) is 7.85. The SMILES string of the molecule is COc1cc(C2c3cc4c(cc3C(NC(=O)c3cccc(N([O-])O)c3)C3COC(=O)C23)OCO4)cc(OC)c1OC. The summed E-state index contributed by atoms with van der Waals surface area (Å²) in [4.78, 5) is 26.8. The molecule has 2 heterocycles. The molecule has 12 heteroatoms. The first kappa shape index (κ1) is 26.5. The molecule has 3 aromatic rings. The van der Waals surface area contributed by atoms with Crippen LogP contribution in [0.2, 0.25) is 0 Å².